The van der Waals surface area contributed by atoms with Gasteiger partial charge in [0.25, 0.3) is 0 Å². The highest BCUT2D eigenvalue weighted by atomic mass is 16.6. The number of hydrogen-bond acceptors (Lipinski definition) is 6. The number of hydrogen-bond donors (Lipinski definition) is 1. The van der Waals surface area contributed by atoms with Gasteiger partial charge in [-0.05, 0) is 24.1 Å². The fraction of sp³-hybridized carbons (Fsp3) is 0.450. The molecule has 2 N–H and O–H groups in total. The summed E-state index contributed by atoms with van der Waals surface area (Å²) in [6.45, 7) is 4.10. The number of anilines is 1. The first-order chi connectivity index (χ1) is 14.0. The average Bonchev–Trinajstić information content (AvgIpc) is 3.18. The van der Waals surface area contributed by atoms with E-state index in [1.54, 1.807) is 4.90 Å². The Kier molecular flexibility index (Phi) is 4.02. The number of carbonyl (C=O) groups is 2. The van der Waals surface area contributed by atoms with Crippen LogP contribution in [0.4, 0.5) is 10.6 Å². The first-order valence-corrected chi connectivity index (χ1v) is 9.64. The molecule has 3 aliphatic heterocycles. The highest BCUT2D eigenvalue weighted by molar-refractivity contribution is 5.91. The van der Waals surface area contributed by atoms with Crippen LogP contribution in [0, 0.1) is 5.92 Å². The zero-order valence-corrected chi connectivity index (χ0v) is 16.1. The Hall–Kier alpha value is -3.07. The van der Waals surface area contributed by atoms with Crippen molar-refractivity contribution in [1.82, 2.24) is 9.55 Å². The second kappa shape index (κ2) is 6.48. The van der Waals surface area contributed by atoms with Crippen LogP contribution in [-0.4, -0.2) is 53.5 Å². The van der Waals surface area contributed by atoms with Gasteiger partial charge in [-0.3, -0.25) is 4.79 Å². The lowest BCUT2D eigenvalue weighted by atomic mass is 9.98. The van der Waals surface area contributed by atoms with Crippen molar-refractivity contribution >= 4 is 17.8 Å². The molecule has 9 heteroatoms. The van der Waals surface area contributed by atoms with Gasteiger partial charge in [-0.15, -0.1) is 0 Å². The van der Waals surface area contributed by atoms with Crippen LogP contribution in [0.5, 0.6) is 5.75 Å². The maximum absolute atomic E-state index is 12.3. The van der Waals surface area contributed by atoms with E-state index in [4.69, 9.17) is 24.9 Å². The number of nitrogens with two attached hydrogens (primary N) is 1. The summed E-state index contributed by atoms with van der Waals surface area (Å²) < 4.78 is 18.5. The van der Waals surface area contributed by atoms with E-state index in [9.17, 15) is 9.59 Å². The summed E-state index contributed by atoms with van der Waals surface area (Å²) >= 11 is 0. The van der Waals surface area contributed by atoms with Crippen molar-refractivity contribution in [3.8, 4) is 17.1 Å². The smallest absolute Gasteiger partial charge is 0.416 e. The van der Waals surface area contributed by atoms with Gasteiger partial charge in [-0.1, -0.05) is 13.0 Å². The highest BCUT2D eigenvalue weighted by Crippen LogP contribution is 2.39. The average molecular weight is 398 g/mol. The molecule has 2 amide bonds. The summed E-state index contributed by atoms with van der Waals surface area (Å²) in [6, 6.07) is 5.83. The van der Waals surface area contributed by atoms with E-state index in [1.165, 1.54) is 0 Å². The predicted octanol–water partition coefficient (Wildman–Crippen LogP) is 1.33. The third kappa shape index (κ3) is 2.84. The number of rotatable bonds is 4. The van der Waals surface area contributed by atoms with Crippen LogP contribution in [0.15, 0.2) is 24.4 Å². The molecule has 0 radical (unpaired) electrons. The number of aromatic nitrogens is 2. The summed E-state index contributed by atoms with van der Waals surface area (Å²) in [7, 11) is 0. The Morgan fingerprint density at radius 2 is 2.14 bits per heavy atom. The largest absolute Gasteiger partial charge is 0.491 e. The molecule has 0 unspecified atom stereocenters. The second-order valence-corrected chi connectivity index (χ2v) is 7.91. The molecule has 5 rings (SSSR count). The lowest BCUT2D eigenvalue weighted by molar-refractivity contribution is -0.121. The molecule has 0 aliphatic carbocycles. The van der Waals surface area contributed by atoms with Crippen LogP contribution < -0.4 is 15.4 Å². The van der Waals surface area contributed by atoms with Gasteiger partial charge in [0.15, 0.2) is 5.82 Å². The molecular weight excluding hydrogens is 376 g/mol. The van der Waals surface area contributed by atoms with Gasteiger partial charge in [-0.2, -0.15) is 0 Å². The Bertz CT molecular complexity index is 997. The number of imidazole rings is 1. The van der Waals surface area contributed by atoms with Crippen molar-refractivity contribution < 1.29 is 23.8 Å². The van der Waals surface area contributed by atoms with Crippen molar-refractivity contribution in [3.63, 3.8) is 0 Å². The SMILES string of the molecule is C[C@H](Cc1ccc2c(c1)OCCn1cc(N3C(=O)OCC34COC4)nc1-2)C(N)=O. The third-order valence-electron chi connectivity index (χ3n) is 5.76. The molecular formula is C20H22N4O5. The zero-order valence-electron chi connectivity index (χ0n) is 16.1. The normalized spacial score (nSPS) is 20.2. The van der Waals surface area contributed by atoms with Crippen LogP contribution in [-0.2, 0) is 27.2 Å². The predicted molar refractivity (Wildman–Crippen MR) is 103 cm³/mol. The minimum absolute atomic E-state index is 0.255. The van der Waals surface area contributed by atoms with Crippen LogP contribution >= 0.6 is 0 Å². The number of cyclic esters (lactones) is 1. The molecule has 1 aromatic heterocycles. The molecule has 3 aliphatic rings. The van der Waals surface area contributed by atoms with Gasteiger partial charge < -0.3 is 24.5 Å². The van der Waals surface area contributed by atoms with Gasteiger partial charge in [0.2, 0.25) is 5.91 Å². The molecule has 0 bridgehead atoms. The summed E-state index contributed by atoms with van der Waals surface area (Å²) in [5.74, 6) is 1.42. The summed E-state index contributed by atoms with van der Waals surface area (Å²) in [5, 5.41) is 0. The number of ether oxygens (including phenoxy) is 3. The van der Waals surface area contributed by atoms with E-state index in [0.717, 1.165) is 17.0 Å². The molecule has 1 atom stereocenters. The van der Waals surface area contributed by atoms with Crippen LogP contribution in [0.25, 0.3) is 11.4 Å². The summed E-state index contributed by atoms with van der Waals surface area (Å²) in [6.07, 6.45) is 2.02. The highest BCUT2D eigenvalue weighted by Gasteiger charge is 2.55. The van der Waals surface area contributed by atoms with Crippen molar-refractivity contribution in [2.75, 3.05) is 31.3 Å². The Morgan fingerprint density at radius 1 is 1.31 bits per heavy atom. The molecule has 1 spiro atoms. The first-order valence-electron chi connectivity index (χ1n) is 9.64. The quantitative estimate of drug-likeness (QED) is 0.832. The van der Waals surface area contributed by atoms with E-state index in [-0.39, 0.29) is 11.8 Å². The number of amides is 2. The van der Waals surface area contributed by atoms with E-state index >= 15 is 0 Å². The number of primary amides is 1. The fourth-order valence-electron chi connectivity index (χ4n) is 4.01. The molecule has 2 fully saturated rings. The van der Waals surface area contributed by atoms with Gasteiger partial charge in [0.05, 0.1) is 25.3 Å². The van der Waals surface area contributed by atoms with E-state index in [2.05, 4.69) is 0 Å². The minimum atomic E-state index is -0.453. The maximum Gasteiger partial charge on any atom is 0.416 e. The monoisotopic (exact) mass is 398 g/mol. The lowest BCUT2D eigenvalue weighted by Crippen LogP contribution is -2.61. The summed E-state index contributed by atoms with van der Waals surface area (Å²) in [4.78, 5) is 30.1. The Balaban J connectivity index is 1.50. The van der Waals surface area contributed by atoms with E-state index in [0.29, 0.717) is 51.0 Å². The lowest BCUT2D eigenvalue weighted by Gasteiger charge is -2.40. The van der Waals surface area contributed by atoms with Crippen molar-refractivity contribution in [3.05, 3.63) is 30.0 Å². The van der Waals surface area contributed by atoms with Gasteiger partial charge >= 0.3 is 6.09 Å². The number of carbonyl (C=O) groups excluding carboxylic acids is 2. The minimum Gasteiger partial charge on any atom is -0.491 e. The molecule has 1 aromatic carbocycles. The van der Waals surface area contributed by atoms with Crippen molar-refractivity contribution in [1.29, 1.82) is 0 Å². The molecule has 2 aromatic rings. The topological polar surface area (TPSA) is 109 Å². The van der Waals surface area contributed by atoms with Crippen LogP contribution in [0.2, 0.25) is 0 Å². The molecule has 0 saturated carbocycles. The molecule has 29 heavy (non-hydrogen) atoms. The molecule has 152 valence electrons. The Labute approximate surface area is 167 Å². The van der Waals surface area contributed by atoms with E-state index < -0.39 is 11.6 Å². The van der Waals surface area contributed by atoms with Crippen LogP contribution in [0.1, 0.15) is 12.5 Å². The molecule has 4 heterocycles. The molecule has 2 saturated heterocycles. The fourth-order valence-corrected chi connectivity index (χ4v) is 4.01. The maximum atomic E-state index is 12.3. The van der Waals surface area contributed by atoms with Crippen LogP contribution in [0.3, 0.4) is 0 Å². The number of benzene rings is 1. The van der Waals surface area contributed by atoms with Gasteiger partial charge in [0.1, 0.15) is 30.3 Å². The zero-order chi connectivity index (χ0) is 20.2. The first kappa shape index (κ1) is 18.0. The summed E-state index contributed by atoms with van der Waals surface area (Å²) in [5.41, 5.74) is 6.75. The number of nitrogens with zero attached hydrogens (tertiary/aromatic N) is 3. The van der Waals surface area contributed by atoms with Gasteiger partial charge in [0, 0.05) is 12.1 Å². The van der Waals surface area contributed by atoms with Crippen molar-refractivity contribution in [2.24, 2.45) is 11.7 Å². The second-order valence-electron chi connectivity index (χ2n) is 7.91. The Morgan fingerprint density at radius 3 is 2.86 bits per heavy atom. The number of fused-ring (bicyclic) bond motifs is 3. The van der Waals surface area contributed by atoms with Crippen molar-refractivity contribution in [2.45, 2.75) is 25.4 Å². The van der Waals surface area contributed by atoms with Gasteiger partial charge in [-0.25, -0.2) is 14.7 Å². The third-order valence-corrected chi connectivity index (χ3v) is 5.76. The standard InChI is InChI=1S/C20H22N4O5/c1-12(17(21)25)6-13-2-3-14-15(7-13)28-5-4-23-8-16(22-18(14)23)24-19(26)29-11-20(24)9-27-10-20/h2-3,7-8,12H,4-6,9-11H2,1H3,(H2,21,25)/t12-/m1/s1. The van der Waals surface area contributed by atoms with E-state index in [1.807, 2.05) is 35.9 Å². The molecule has 9 nitrogen and oxygen atoms in total.